The van der Waals surface area contributed by atoms with Crippen molar-refractivity contribution in [3.05, 3.63) is 63.6 Å². The van der Waals surface area contributed by atoms with Crippen LogP contribution in [-0.2, 0) is 22.6 Å². The Kier molecular flexibility index (Phi) is 6.60. The Morgan fingerprint density at radius 3 is 2.57 bits per heavy atom. The lowest BCUT2D eigenvalue weighted by Crippen LogP contribution is -3.15. The molecule has 0 aliphatic carbocycles. The number of carbonyl (C=O) groups is 2. The summed E-state index contributed by atoms with van der Waals surface area (Å²) in [6.45, 7) is 3.38. The summed E-state index contributed by atoms with van der Waals surface area (Å²) in [5.74, 6) is -0.117. The molecule has 0 aromatic heterocycles. The Balaban J connectivity index is 1.56. The maximum Gasteiger partial charge on any atom is 0.280 e. The molecule has 2 aromatic rings. The van der Waals surface area contributed by atoms with Crippen LogP contribution in [0.1, 0.15) is 18.1 Å². The first-order valence-corrected chi connectivity index (χ1v) is 10.0. The minimum atomic E-state index is -0.315. The fourth-order valence-corrected chi connectivity index (χ4v) is 3.65. The molecule has 5 nitrogen and oxygen atoms in total. The fourth-order valence-electron chi connectivity index (χ4n) is 3.35. The van der Waals surface area contributed by atoms with E-state index in [1.165, 1.54) is 11.1 Å². The van der Waals surface area contributed by atoms with Crippen molar-refractivity contribution >= 4 is 40.7 Å². The highest BCUT2D eigenvalue weighted by Gasteiger charge is 2.30. The van der Waals surface area contributed by atoms with Gasteiger partial charge in [0.15, 0.2) is 12.6 Å². The van der Waals surface area contributed by atoms with Crippen LogP contribution in [-0.4, -0.2) is 42.9 Å². The van der Waals surface area contributed by atoms with Gasteiger partial charge in [0.2, 0.25) is 0 Å². The molecule has 2 N–H and O–H groups in total. The molecular weight excluding hydrogens is 397 g/mol. The third kappa shape index (κ3) is 4.85. The molecule has 7 heteroatoms. The third-order valence-corrected chi connectivity index (χ3v) is 5.93. The standard InChI is InChI=1S/C21H23Cl2N3O2/c1-14(21(28)26-10-9-15-5-3-4-6-16(15)12-26)25(2)13-20(27)24-17-7-8-18(22)19(23)11-17/h3-8,11,14H,9-10,12-13H2,1-2H3,(H,24,27)/p+1/t14-/m1/s1. The van der Waals surface area contributed by atoms with Gasteiger partial charge in [-0.1, -0.05) is 47.5 Å². The van der Waals surface area contributed by atoms with Crippen LogP contribution < -0.4 is 10.2 Å². The van der Waals surface area contributed by atoms with Crippen LogP contribution in [0, 0.1) is 0 Å². The van der Waals surface area contributed by atoms with Gasteiger partial charge in [0.05, 0.1) is 17.1 Å². The number of nitrogens with zero attached hydrogens (tertiary/aromatic N) is 1. The lowest BCUT2D eigenvalue weighted by molar-refractivity contribution is -0.886. The van der Waals surface area contributed by atoms with E-state index in [9.17, 15) is 9.59 Å². The minimum absolute atomic E-state index is 0.0642. The van der Waals surface area contributed by atoms with Crippen LogP contribution in [0.4, 0.5) is 5.69 Å². The second-order valence-electron chi connectivity index (χ2n) is 7.20. The van der Waals surface area contributed by atoms with Crippen LogP contribution >= 0.6 is 23.2 Å². The van der Waals surface area contributed by atoms with Gasteiger partial charge in [0, 0.05) is 18.8 Å². The summed E-state index contributed by atoms with van der Waals surface area (Å²) in [6, 6.07) is 12.8. The second kappa shape index (κ2) is 8.95. The first kappa shape index (κ1) is 20.6. The third-order valence-electron chi connectivity index (χ3n) is 5.19. The highest BCUT2D eigenvalue weighted by atomic mass is 35.5. The van der Waals surface area contributed by atoms with Crippen LogP contribution in [0.15, 0.2) is 42.5 Å². The summed E-state index contributed by atoms with van der Waals surface area (Å²) in [5, 5.41) is 3.62. The molecule has 1 unspecified atom stereocenters. The van der Waals surface area contributed by atoms with Crippen LogP contribution in [0.25, 0.3) is 0 Å². The number of anilines is 1. The Hall–Kier alpha value is -2.08. The van der Waals surface area contributed by atoms with E-state index in [0.717, 1.165) is 11.3 Å². The van der Waals surface area contributed by atoms with Gasteiger partial charge in [-0.2, -0.15) is 0 Å². The molecule has 2 amide bonds. The molecule has 28 heavy (non-hydrogen) atoms. The summed E-state index contributed by atoms with van der Waals surface area (Å²) in [4.78, 5) is 28.0. The monoisotopic (exact) mass is 420 g/mol. The zero-order valence-electron chi connectivity index (χ0n) is 16.0. The largest absolute Gasteiger partial charge is 0.333 e. The number of hydrogen-bond donors (Lipinski definition) is 2. The number of amides is 2. The van der Waals surface area contributed by atoms with E-state index in [1.54, 1.807) is 18.2 Å². The molecule has 1 heterocycles. The predicted octanol–water partition coefficient (Wildman–Crippen LogP) is 2.42. The molecule has 0 saturated heterocycles. The minimum Gasteiger partial charge on any atom is -0.333 e. The number of likely N-dealkylation sites (N-methyl/N-ethyl adjacent to an activating group) is 1. The molecule has 0 fully saturated rings. The van der Waals surface area contributed by atoms with Gasteiger partial charge in [-0.3, -0.25) is 9.59 Å². The zero-order chi connectivity index (χ0) is 20.3. The fraction of sp³-hybridized carbons (Fsp3) is 0.333. The summed E-state index contributed by atoms with van der Waals surface area (Å²) >= 11 is 11.9. The molecule has 0 bridgehead atoms. The van der Waals surface area contributed by atoms with Crippen molar-refractivity contribution in [2.24, 2.45) is 0 Å². The maximum absolute atomic E-state index is 12.9. The molecule has 0 saturated carbocycles. The average Bonchev–Trinajstić information content (AvgIpc) is 2.69. The van der Waals surface area contributed by atoms with Crippen molar-refractivity contribution in [1.29, 1.82) is 0 Å². The Morgan fingerprint density at radius 2 is 1.86 bits per heavy atom. The molecule has 1 aliphatic rings. The van der Waals surface area contributed by atoms with E-state index < -0.39 is 0 Å². The highest BCUT2D eigenvalue weighted by Crippen LogP contribution is 2.24. The first-order chi connectivity index (χ1) is 13.3. The quantitative estimate of drug-likeness (QED) is 0.780. The van der Waals surface area contributed by atoms with E-state index in [2.05, 4.69) is 17.4 Å². The Morgan fingerprint density at radius 1 is 1.14 bits per heavy atom. The molecule has 148 valence electrons. The topological polar surface area (TPSA) is 53.9 Å². The lowest BCUT2D eigenvalue weighted by atomic mass is 9.99. The van der Waals surface area contributed by atoms with Crippen molar-refractivity contribution in [2.45, 2.75) is 25.9 Å². The zero-order valence-corrected chi connectivity index (χ0v) is 17.5. The van der Waals surface area contributed by atoms with Crippen LogP contribution in [0.5, 0.6) is 0 Å². The predicted molar refractivity (Wildman–Crippen MR) is 112 cm³/mol. The van der Waals surface area contributed by atoms with Gasteiger partial charge < -0.3 is 15.1 Å². The van der Waals surface area contributed by atoms with E-state index in [1.807, 2.05) is 31.0 Å². The molecular formula is C21H24Cl2N3O2+. The molecule has 0 spiro atoms. The SMILES string of the molecule is C[C@H](C(=O)N1CCc2ccccc2C1)[NH+](C)CC(=O)Nc1ccc(Cl)c(Cl)c1. The van der Waals surface area contributed by atoms with Gasteiger partial charge in [-0.05, 0) is 42.7 Å². The Labute approximate surface area is 175 Å². The Bertz CT molecular complexity index is 888. The second-order valence-corrected chi connectivity index (χ2v) is 8.01. The summed E-state index contributed by atoms with van der Waals surface area (Å²) in [6.07, 6.45) is 0.867. The molecule has 2 aromatic carbocycles. The number of nitrogens with one attached hydrogen (secondary N) is 2. The summed E-state index contributed by atoms with van der Waals surface area (Å²) in [5.41, 5.74) is 3.09. The van der Waals surface area contributed by atoms with Gasteiger partial charge in [0.1, 0.15) is 0 Å². The van der Waals surface area contributed by atoms with Crippen molar-refractivity contribution in [3.63, 3.8) is 0 Å². The van der Waals surface area contributed by atoms with E-state index in [-0.39, 0.29) is 24.4 Å². The van der Waals surface area contributed by atoms with Gasteiger partial charge in [-0.25, -0.2) is 0 Å². The van der Waals surface area contributed by atoms with Gasteiger partial charge in [-0.15, -0.1) is 0 Å². The molecule has 0 radical (unpaired) electrons. The van der Waals surface area contributed by atoms with Crippen LogP contribution in [0.2, 0.25) is 10.0 Å². The number of fused-ring (bicyclic) bond motifs is 1. The van der Waals surface area contributed by atoms with Gasteiger partial charge >= 0.3 is 0 Å². The normalized spacial score (nSPS) is 15.5. The van der Waals surface area contributed by atoms with Crippen molar-refractivity contribution < 1.29 is 14.5 Å². The highest BCUT2D eigenvalue weighted by molar-refractivity contribution is 6.42. The van der Waals surface area contributed by atoms with E-state index in [0.29, 0.717) is 28.8 Å². The number of hydrogen-bond acceptors (Lipinski definition) is 2. The van der Waals surface area contributed by atoms with E-state index >= 15 is 0 Å². The average molecular weight is 421 g/mol. The summed E-state index contributed by atoms with van der Waals surface area (Å²) in [7, 11) is 1.86. The van der Waals surface area contributed by atoms with E-state index in [4.69, 9.17) is 23.2 Å². The lowest BCUT2D eigenvalue weighted by Gasteiger charge is -2.32. The number of benzene rings is 2. The maximum atomic E-state index is 12.9. The first-order valence-electron chi connectivity index (χ1n) is 9.28. The number of halogens is 2. The van der Waals surface area contributed by atoms with Crippen molar-refractivity contribution in [3.8, 4) is 0 Å². The number of rotatable bonds is 5. The van der Waals surface area contributed by atoms with Gasteiger partial charge in [0.25, 0.3) is 11.8 Å². The number of carbonyl (C=O) groups excluding carboxylic acids is 2. The molecule has 3 rings (SSSR count). The van der Waals surface area contributed by atoms with Crippen molar-refractivity contribution in [2.75, 3.05) is 25.5 Å². The molecule has 2 atom stereocenters. The number of quaternary nitrogens is 1. The van der Waals surface area contributed by atoms with Crippen LogP contribution in [0.3, 0.4) is 0 Å². The van der Waals surface area contributed by atoms with Crippen molar-refractivity contribution in [1.82, 2.24) is 4.90 Å². The summed E-state index contributed by atoms with van der Waals surface area (Å²) < 4.78 is 0. The smallest absolute Gasteiger partial charge is 0.280 e. The molecule has 1 aliphatic heterocycles.